The lowest BCUT2D eigenvalue weighted by atomic mass is 9.98. The van der Waals surface area contributed by atoms with Crippen LogP contribution < -0.4 is 0 Å². The number of nitrogens with zero attached hydrogens (tertiary/aromatic N) is 1. The van der Waals surface area contributed by atoms with E-state index in [0.29, 0.717) is 5.56 Å². The second kappa shape index (κ2) is 8.82. The first kappa shape index (κ1) is 22.1. The first-order valence-corrected chi connectivity index (χ1v) is 10.6. The zero-order chi connectivity index (χ0) is 23.7. The number of esters is 1. The van der Waals surface area contributed by atoms with Gasteiger partial charge in [-0.25, -0.2) is 4.79 Å². The van der Waals surface area contributed by atoms with Crippen LogP contribution in [0, 0.1) is 20.8 Å². The van der Waals surface area contributed by atoms with E-state index >= 15 is 0 Å². The number of amides is 2. The van der Waals surface area contributed by atoms with Crippen LogP contribution in [0.3, 0.4) is 0 Å². The number of benzene rings is 3. The van der Waals surface area contributed by atoms with Crippen molar-refractivity contribution in [3.05, 3.63) is 105 Å². The molecular formula is C27H23NO5. The van der Waals surface area contributed by atoms with E-state index in [0.717, 1.165) is 27.2 Å². The SMILES string of the molecule is Cc1cc(C)c(C(=O)COC(=O)c2ccc3c(c2)C(=O)N(Cc2ccccc2)C3=O)cc1C. The van der Waals surface area contributed by atoms with Crippen LogP contribution in [0.15, 0.2) is 60.7 Å². The Morgan fingerprint density at radius 3 is 2.18 bits per heavy atom. The molecule has 0 spiro atoms. The van der Waals surface area contributed by atoms with Gasteiger partial charge in [0.05, 0.1) is 23.2 Å². The molecule has 0 aromatic heterocycles. The maximum Gasteiger partial charge on any atom is 0.338 e. The molecule has 3 aromatic rings. The van der Waals surface area contributed by atoms with Gasteiger partial charge in [-0.2, -0.15) is 0 Å². The Balaban J connectivity index is 1.47. The zero-order valence-electron chi connectivity index (χ0n) is 18.7. The van der Waals surface area contributed by atoms with Crippen LogP contribution in [-0.2, 0) is 11.3 Å². The molecule has 1 aliphatic heterocycles. The predicted octanol–water partition coefficient (Wildman–Crippen LogP) is 4.45. The van der Waals surface area contributed by atoms with Gasteiger partial charge in [0.15, 0.2) is 6.61 Å². The van der Waals surface area contributed by atoms with E-state index in [4.69, 9.17) is 4.74 Å². The highest BCUT2D eigenvalue weighted by atomic mass is 16.5. The fourth-order valence-electron chi connectivity index (χ4n) is 3.88. The highest BCUT2D eigenvalue weighted by molar-refractivity contribution is 6.21. The molecule has 0 radical (unpaired) electrons. The van der Waals surface area contributed by atoms with Crippen LogP contribution in [-0.4, -0.2) is 35.1 Å². The zero-order valence-corrected chi connectivity index (χ0v) is 18.7. The molecule has 1 aliphatic rings. The molecule has 0 N–H and O–H groups in total. The van der Waals surface area contributed by atoms with Gasteiger partial charge >= 0.3 is 5.97 Å². The smallest absolute Gasteiger partial charge is 0.338 e. The molecule has 166 valence electrons. The molecule has 0 bridgehead atoms. The maximum atomic E-state index is 12.8. The number of hydrogen-bond donors (Lipinski definition) is 0. The van der Waals surface area contributed by atoms with Crippen molar-refractivity contribution >= 4 is 23.6 Å². The van der Waals surface area contributed by atoms with Gasteiger partial charge in [0.1, 0.15) is 0 Å². The Hall–Kier alpha value is -4.06. The quantitative estimate of drug-likeness (QED) is 0.321. The minimum atomic E-state index is -0.727. The molecule has 1 heterocycles. The van der Waals surface area contributed by atoms with E-state index < -0.39 is 24.4 Å². The average Bonchev–Trinajstić information content (AvgIpc) is 3.04. The minimum absolute atomic E-state index is 0.112. The fourth-order valence-corrected chi connectivity index (χ4v) is 3.88. The lowest BCUT2D eigenvalue weighted by Gasteiger charge is -2.13. The van der Waals surface area contributed by atoms with Gasteiger partial charge in [-0.05, 0) is 67.3 Å². The van der Waals surface area contributed by atoms with Crippen molar-refractivity contribution in [2.24, 2.45) is 0 Å². The Kier molecular flexibility index (Phi) is 5.92. The third-order valence-corrected chi connectivity index (χ3v) is 5.87. The number of ether oxygens (including phenoxy) is 1. The van der Waals surface area contributed by atoms with Crippen molar-refractivity contribution in [2.45, 2.75) is 27.3 Å². The number of aryl methyl sites for hydroxylation is 3. The molecule has 33 heavy (non-hydrogen) atoms. The number of rotatable bonds is 6. The van der Waals surface area contributed by atoms with Crippen molar-refractivity contribution in [2.75, 3.05) is 6.61 Å². The van der Waals surface area contributed by atoms with Gasteiger partial charge in [-0.1, -0.05) is 36.4 Å². The van der Waals surface area contributed by atoms with Crippen molar-refractivity contribution in [3.8, 4) is 0 Å². The Morgan fingerprint density at radius 2 is 1.45 bits per heavy atom. The summed E-state index contributed by atoms with van der Waals surface area (Å²) in [5, 5.41) is 0. The number of imide groups is 1. The van der Waals surface area contributed by atoms with Gasteiger partial charge in [0.2, 0.25) is 5.78 Å². The first-order chi connectivity index (χ1) is 15.8. The molecular weight excluding hydrogens is 418 g/mol. The van der Waals surface area contributed by atoms with Crippen LogP contribution >= 0.6 is 0 Å². The van der Waals surface area contributed by atoms with E-state index in [1.807, 2.05) is 57.2 Å². The highest BCUT2D eigenvalue weighted by Gasteiger charge is 2.36. The molecule has 0 saturated carbocycles. The van der Waals surface area contributed by atoms with Crippen molar-refractivity contribution in [3.63, 3.8) is 0 Å². The molecule has 4 rings (SSSR count). The number of carbonyl (C=O) groups excluding carboxylic acids is 4. The molecule has 3 aromatic carbocycles. The van der Waals surface area contributed by atoms with Gasteiger partial charge in [0.25, 0.3) is 11.8 Å². The van der Waals surface area contributed by atoms with Crippen molar-refractivity contribution in [1.82, 2.24) is 4.90 Å². The lowest BCUT2D eigenvalue weighted by molar-refractivity contribution is 0.0474. The standard InChI is InChI=1S/C27H23NO5/c1-16-11-18(3)22(12-17(16)2)24(29)15-33-27(32)20-9-10-21-23(13-20)26(31)28(25(21)30)14-19-7-5-4-6-8-19/h4-13H,14-15H2,1-3H3. The minimum Gasteiger partial charge on any atom is -0.454 e. The van der Waals surface area contributed by atoms with Crippen LogP contribution in [0.4, 0.5) is 0 Å². The summed E-state index contributed by atoms with van der Waals surface area (Å²) in [6.45, 7) is 5.47. The molecule has 0 aliphatic carbocycles. The highest BCUT2D eigenvalue weighted by Crippen LogP contribution is 2.26. The maximum absolute atomic E-state index is 12.8. The molecule has 0 atom stereocenters. The normalized spacial score (nSPS) is 12.6. The molecule has 6 heteroatoms. The summed E-state index contributed by atoms with van der Waals surface area (Å²) in [4.78, 5) is 51.8. The van der Waals surface area contributed by atoms with E-state index in [9.17, 15) is 19.2 Å². The van der Waals surface area contributed by atoms with E-state index in [1.54, 1.807) is 6.07 Å². The molecule has 0 fully saturated rings. The van der Waals surface area contributed by atoms with Gasteiger partial charge < -0.3 is 4.74 Å². The third-order valence-electron chi connectivity index (χ3n) is 5.87. The fraction of sp³-hybridized carbons (Fsp3) is 0.185. The van der Waals surface area contributed by atoms with Crippen molar-refractivity contribution in [1.29, 1.82) is 0 Å². The summed E-state index contributed by atoms with van der Waals surface area (Å²) in [6, 6.07) is 17.2. The summed E-state index contributed by atoms with van der Waals surface area (Å²) in [5.41, 5.74) is 4.73. The summed E-state index contributed by atoms with van der Waals surface area (Å²) in [7, 11) is 0. The number of hydrogen-bond acceptors (Lipinski definition) is 5. The predicted molar refractivity (Wildman–Crippen MR) is 122 cm³/mol. The largest absolute Gasteiger partial charge is 0.454 e. The van der Waals surface area contributed by atoms with E-state index in [2.05, 4.69) is 0 Å². The summed E-state index contributed by atoms with van der Waals surface area (Å²) < 4.78 is 5.22. The molecule has 0 saturated heterocycles. The van der Waals surface area contributed by atoms with Gasteiger partial charge in [-0.15, -0.1) is 0 Å². The number of fused-ring (bicyclic) bond motifs is 1. The Morgan fingerprint density at radius 1 is 0.788 bits per heavy atom. The van der Waals surface area contributed by atoms with Crippen LogP contribution in [0.25, 0.3) is 0 Å². The van der Waals surface area contributed by atoms with Gasteiger partial charge in [-0.3, -0.25) is 19.3 Å². The third kappa shape index (κ3) is 4.32. The first-order valence-electron chi connectivity index (χ1n) is 10.6. The second-order valence-corrected chi connectivity index (χ2v) is 8.19. The van der Waals surface area contributed by atoms with Crippen LogP contribution in [0.1, 0.15) is 63.7 Å². The van der Waals surface area contributed by atoms with Crippen molar-refractivity contribution < 1.29 is 23.9 Å². The summed E-state index contributed by atoms with van der Waals surface area (Å²) in [6.07, 6.45) is 0. The van der Waals surface area contributed by atoms with Gasteiger partial charge in [0, 0.05) is 5.56 Å². The van der Waals surface area contributed by atoms with Crippen LogP contribution in [0.2, 0.25) is 0 Å². The Bertz CT molecular complexity index is 1290. The average molecular weight is 441 g/mol. The topological polar surface area (TPSA) is 80.8 Å². The lowest BCUT2D eigenvalue weighted by Crippen LogP contribution is -2.29. The van der Waals surface area contributed by atoms with E-state index in [1.165, 1.54) is 18.2 Å². The van der Waals surface area contributed by atoms with E-state index in [-0.39, 0.29) is 29.0 Å². The number of ketones is 1. The monoisotopic (exact) mass is 441 g/mol. The summed E-state index contributed by atoms with van der Waals surface area (Å²) in [5.74, 6) is -1.89. The number of carbonyl (C=O) groups is 4. The summed E-state index contributed by atoms with van der Waals surface area (Å²) >= 11 is 0. The Labute approximate surface area is 191 Å². The second-order valence-electron chi connectivity index (χ2n) is 8.19. The molecule has 2 amide bonds. The molecule has 6 nitrogen and oxygen atoms in total. The number of Topliss-reactive ketones (excluding diaryl/α,β-unsaturated/α-hetero) is 1. The van der Waals surface area contributed by atoms with Crippen LogP contribution in [0.5, 0.6) is 0 Å². The molecule has 0 unspecified atom stereocenters.